The molecule has 0 saturated heterocycles. The van der Waals surface area contributed by atoms with Crippen LogP contribution in [0.15, 0.2) is 54.6 Å². The molecule has 1 amide bonds. The first-order valence-electron chi connectivity index (χ1n) is 7.71. The van der Waals surface area contributed by atoms with Gasteiger partial charge in [0.05, 0.1) is 6.61 Å². The van der Waals surface area contributed by atoms with Crippen LogP contribution in [0.4, 0.5) is 5.69 Å². The monoisotopic (exact) mass is 312 g/mol. The Hall–Kier alpha value is -2.33. The van der Waals surface area contributed by atoms with Crippen molar-refractivity contribution in [2.45, 2.75) is 6.54 Å². The first kappa shape index (κ1) is 17.0. The topological polar surface area (TPSA) is 32.8 Å². The molecule has 4 heteroatoms. The maximum absolute atomic E-state index is 12.9. The van der Waals surface area contributed by atoms with Gasteiger partial charge in [0, 0.05) is 45.5 Å². The van der Waals surface area contributed by atoms with Crippen molar-refractivity contribution in [3.63, 3.8) is 0 Å². The van der Waals surface area contributed by atoms with Crippen molar-refractivity contribution in [2.75, 3.05) is 39.3 Å². The highest BCUT2D eigenvalue weighted by Gasteiger charge is 2.16. The fourth-order valence-corrected chi connectivity index (χ4v) is 2.36. The van der Waals surface area contributed by atoms with E-state index in [1.54, 1.807) is 7.11 Å². The summed E-state index contributed by atoms with van der Waals surface area (Å²) in [5.74, 6) is 0.0228. The molecule has 122 valence electrons. The number of ether oxygens (including phenoxy) is 1. The minimum Gasteiger partial charge on any atom is -0.383 e. The second-order valence-electron chi connectivity index (χ2n) is 5.65. The molecule has 2 rings (SSSR count). The average molecular weight is 312 g/mol. The number of hydrogen-bond acceptors (Lipinski definition) is 3. The minimum atomic E-state index is 0.0228. The Labute approximate surface area is 138 Å². The van der Waals surface area contributed by atoms with Crippen LogP contribution in [0.25, 0.3) is 0 Å². The molecule has 0 aliphatic rings. The van der Waals surface area contributed by atoms with E-state index in [2.05, 4.69) is 0 Å². The zero-order chi connectivity index (χ0) is 16.7. The van der Waals surface area contributed by atoms with Crippen LogP contribution in [0.2, 0.25) is 0 Å². The molecule has 0 fully saturated rings. The van der Waals surface area contributed by atoms with E-state index in [0.29, 0.717) is 25.3 Å². The number of carbonyl (C=O) groups excluding carboxylic acids is 1. The standard InChI is InChI=1S/C19H24N2O2/c1-20(2)18-11-7-10-17(14-18)19(22)21(12-13-23-3)15-16-8-5-4-6-9-16/h4-11,14H,12-13,15H2,1-3H3. The first-order valence-corrected chi connectivity index (χ1v) is 7.71. The lowest BCUT2D eigenvalue weighted by atomic mass is 10.1. The second-order valence-corrected chi connectivity index (χ2v) is 5.65. The van der Waals surface area contributed by atoms with E-state index in [1.165, 1.54) is 0 Å². The number of hydrogen-bond donors (Lipinski definition) is 0. The smallest absolute Gasteiger partial charge is 0.254 e. The number of carbonyl (C=O) groups is 1. The average Bonchev–Trinajstić information content (AvgIpc) is 2.59. The lowest BCUT2D eigenvalue weighted by Gasteiger charge is -2.23. The van der Waals surface area contributed by atoms with Crippen LogP contribution in [0.5, 0.6) is 0 Å². The van der Waals surface area contributed by atoms with Crippen LogP contribution in [0.3, 0.4) is 0 Å². The molecule has 0 aromatic heterocycles. The third-order valence-corrected chi connectivity index (χ3v) is 3.68. The molecule has 2 aromatic rings. The maximum Gasteiger partial charge on any atom is 0.254 e. The van der Waals surface area contributed by atoms with Crippen molar-refractivity contribution in [1.29, 1.82) is 0 Å². The van der Waals surface area contributed by atoms with E-state index in [1.807, 2.05) is 78.5 Å². The summed E-state index contributed by atoms with van der Waals surface area (Å²) in [7, 11) is 5.59. The number of nitrogens with zero attached hydrogens (tertiary/aromatic N) is 2. The fraction of sp³-hybridized carbons (Fsp3) is 0.316. The van der Waals surface area contributed by atoms with Gasteiger partial charge in [0.25, 0.3) is 5.91 Å². The molecular formula is C19H24N2O2. The van der Waals surface area contributed by atoms with Crippen molar-refractivity contribution in [1.82, 2.24) is 4.90 Å². The predicted octanol–water partition coefficient (Wildman–Crippen LogP) is 3.04. The van der Waals surface area contributed by atoms with Crippen LogP contribution >= 0.6 is 0 Å². The molecule has 0 atom stereocenters. The first-order chi connectivity index (χ1) is 11.1. The third kappa shape index (κ3) is 4.83. The Morgan fingerprint density at radius 1 is 1.04 bits per heavy atom. The van der Waals surface area contributed by atoms with Crippen LogP contribution in [0, 0.1) is 0 Å². The summed E-state index contributed by atoms with van der Waals surface area (Å²) < 4.78 is 5.16. The van der Waals surface area contributed by atoms with Gasteiger partial charge < -0.3 is 14.5 Å². The third-order valence-electron chi connectivity index (χ3n) is 3.68. The fourth-order valence-electron chi connectivity index (χ4n) is 2.36. The lowest BCUT2D eigenvalue weighted by Crippen LogP contribution is -2.33. The Morgan fingerprint density at radius 3 is 2.43 bits per heavy atom. The molecular weight excluding hydrogens is 288 g/mol. The van der Waals surface area contributed by atoms with Gasteiger partial charge in [0.2, 0.25) is 0 Å². The zero-order valence-corrected chi connectivity index (χ0v) is 14.0. The molecule has 0 saturated carbocycles. The molecule has 0 heterocycles. The number of amides is 1. The minimum absolute atomic E-state index is 0.0228. The van der Waals surface area contributed by atoms with E-state index in [9.17, 15) is 4.79 Å². The normalized spacial score (nSPS) is 10.4. The molecule has 2 aromatic carbocycles. The van der Waals surface area contributed by atoms with Gasteiger partial charge in [-0.1, -0.05) is 36.4 Å². The van der Waals surface area contributed by atoms with E-state index >= 15 is 0 Å². The molecule has 0 radical (unpaired) electrons. The van der Waals surface area contributed by atoms with Gasteiger partial charge in [0.1, 0.15) is 0 Å². The number of methoxy groups -OCH3 is 1. The van der Waals surface area contributed by atoms with Crippen molar-refractivity contribution < 1.29 is 9.53 Å². The predicted molar refractivity (Wildman–Crippen MR) is 93.8 cm³/mol. The van der Waals surface area contributed by atoms with Gasteiger partial charge in [-0.3, -0.25) is 4.79 Å². The van der Waals surface area contributed by atoms with E-state index < -0.39 is 0 Å². The van der Waals surface area contributed by atoms with Crippen LogP contribution < -0.4 is 4.90 Å². The van der Waals surface area contributed by atoms with Gasteiger partial charge in [-0.15, -0.1) is 0 Å². The summed E-state index contributed by atoms with van der Waals surface area (Å²) in [5, 5.41) is 0. The largest absolute Gasteiger partial charge is 0.383 e. The quantitative estimate of drug-likeness (QED) is 0.788. The maximum atomic E-state index is 12.9. The molecule has 0 bridgehead atoms. The Morgan fingerprint density at radius 2 is 1.78 bits per heavy atom. The summed E-state index contributed by atoms with van der Waals surface area (Å²) in [4.78, 5) is 16.7. The summed E-state index contributed by atoms with van der Waals surface area (Å²) in [6, 6.07) is 17.7. The van der Waals surface area contributed by atoms with Gasteiger partial charge in [-0.2, -0.15) is 0 Å². The number of rotatable bonds is 7. The van der Waals surface area contributed by atoms with Gasteiger partial charge in [-0.05, 0) is 23.8 Å². The van der Waals surface area contributed by atoms with Gasteiger partial charge >= 0.3 is 0 Å². The molecule has 0 aliphatic carbocycles. The van der Waals surface area contributed by atoms with E-state index in [4.69, 9.17) is 4.74 Å². The summed E-state index contributed by atoms with van der Waals surface area (Å²) >= 11 is 0. The highest BCUT2D eigenvalue weighted by molar-refractivity contribution is 5.95. The van der Waals surface area contributed by atoms with Crippen LogP contribution in [-0.2, 0) is 11.3 Å². The van der Waals surface area contributed by atoms with Crippen molar-refractivity contribution in [2.24, 2.45) is 0 Å². The lowest BCUT2D eigenvalue weighted by molar-refractivity contribution is 0.0680. The second kappa shape index (κ2) is 8.34. The van der Waals surface area contributed by atoms with E-state index in [0.717, 1.165) is 11.3 Å². The van der Waals surface area contributed by atoms with Gasteiger partial charge in [0.15, 0.2) is 0 Å². The Kier molecular flexibility index (Phi) is 6.18. The van der Waals surface area contributed by atoms with Crippen molar-refractivity contribution in [3.05, 3.63) is 65.7 Å². The van der Waals surface area contributed by atoms with Crippen molar-refractivity contribution >= 4 is 11.6 Å². The Balaban J connectivity index is 2.20. The Bertz CT molecular complexity index is 626. The van der Waals surface area contributed by atoms with Gasteiger partial charge in [-0.25, -0.2) is 0 Å². The molecule has 0 unspecified atom stereocenters. The van der Waals surface area contributed by atoms with E-state index in [-0.39, 0.29) is 5.91 Å². The highest BCUT2D eigenvalue weighted by Crippen LogP contribution is 2.16. The van der Waals surface area contributed by atoms with Crippen LogP contribution in [-0.4, -0.2) is 45.2 Å². The molecule has 0 spiro atoms. The summed E-state index contributed by atoms with van der Waals surface area (Å²) in [6.45, 7) is 1.66. The highest BCUT2D eigenvalue weighted by atomic mass is 16.5. The molecule has 0 N–H and O–H groups in total. The molecule has 4 nitrogen and oxygen atoms in total. The molecule has 23 heavy (non-hydrogen) atoms. The summed E-state index contributed by atoms with van der Waals surface area (Å²) in [5.41, 5.74) is 2.83. The number of benzene rings is 2. The summed E-state index contributed by atoms with van der Waals surface area (Å²) in [6.07, 6.45) is 0. The zero-order valence-electron chi connectivity index (χ0n) is 14.0. The SMILES string of the molecule is COCCN(Cc1ccccc1)C(=O)c1cccc(N(C)C)c1. The van der Waals surface area contributed by atoms with Crippen molar-refractivity contribution in [3.8, 4) is 0 Å². The van der Waals surface area contributed by atoms with Crippen LogP contribution in [0.1, 0.15) is 15.9 Å². The number of anilines is 1. The molecule has 0 aliphatic heterocycles.